The molecule has 2 fully saturated rings. The Kier molecular flexibility index (Phi) is 14.4. The summed E-state index contributed by atoms with van der Waals surface area (Å²) in [7, 11) is 1.57. The molecule has 1 atom stereocenters. The van der Waals surface area contributed by atoms with Gasteiger partial charge in [0.2, 0.25) is 0 Å². The highest BCUT2D eigenvalue weighted by molar-refractivity contribution is 6.33. The van der Waals surface area contributed by atoms with Crippen LogP contribution in [-0.2, 0) is 42.8 Å². The van der Waals surface area contributed by atoms with Crippen LogP contribution in [-0.4, -0.2) is 130 Å². The molecule has 318 valence electrons. The fourth-order valence-electron chi connectivity index (χ4n) is 7.43. The Balaban J connectivity index is 1.08. The maximum atomic E-state index is 14.1. The highest BCUT2D eigenvalue weighted by Gasteiger charge is 2.38. The van der Waals surface area contributed by atoms with E-state index in [9.17, 15) is 32.3 Å². The van der Waals surface area contributed by atoms with Crippen molar-refractivity contribution in [2.75, 3.05) is 95.3 Å². The predicted molar refractivity (Wildman–Crippen MR) is 214 cm³/mol. The van der Waals surface area contributed by atoms with Crippen molar-refractivity contribution < 1.29 is 51.3 Å². The molecule has 59 heavy (non-hydrogen) atoms. The number of hydrogen-bond donors (Lipinski definition) is 2. The number of methoxy groups -OCH3 is 1. The number of piperidine rings is 1. The number of anilines is 3. The van der Waals surface area contributed by atoms with E-state index in [1.165, 1.54) is 15.9 Å². The number of hydrogen-bond acceptors (Lipinski definition) is 10. The number of urea groups is 1. The molecule has 2 saturated heterocycles. The molecule has 18 heteroatoms. The Bertz CT molecular complexity index is 1960. The Morgan fingerprint density at radius 2 is 1.59 bits per heavy atom. The summed E-state index contributed by atoms with van der Waals surface area (Å²) in [5.41, 5.74) is 6.87. The van der Waals surface area contributed by atoms with Crippen molar-refractivity contribution in [2.45, 2.75) is 44.0 Å². The minimum Gasteiger partial charge on any atom is -0.460 e. The highest BCUT2D eigenvalue weighted by Crippen LogP contribution is 2.38. The number of nitrogens with zero attached hydrogens (tertiary/aromatic N) is 4. The van der Waals surface area contributed by atoms with Crippen LogP contribution in [0.3, 0.4) is 0 Å². The molecule has 3 aromatic rings. The SMILES string of the molecule is COCCOCCOC(=O)c1ccc(N2CCN(C(=O)[C@@H](Cc3cc(Cl)c(N)c(C(F)(F)F)c3)OC(=O)N3CCC(N4CCc5ccccc5NC4=O)CC3)CC2)cc1. The summed E-state index contributed by atoms with van der Waals surface area (Å²) < 4.78 is 63.0. The summed E-state index contributed by atoms with van der Waals surface area (Å²) in [6.45, 7) is 3.41. The van der Waals surface area contributed by atoms with E-state index >= 15 is 0 Å². The monoisotopic (exact) mass is 844 g/mol. The maximum Gasteiger partial charge on any atom is 0.418 e. The first-order chi connectivity index (χ1) is 28.3. The molecule has 0 unspecified atom stereocenters. The summed E-state index contributed by atoms with van der Waals surface area (Å²) in [5.74, 6) is -1.06. The number of rotatable bonds is 13. The first-order valence-electron chi connectivity index (χ1n) is 19.5. The van der Waals surface area contributed by atoms with Crippen LogP contribution in [0.5, 0.6) is 0 Å². The number of halogens is 4. The summed E-state index contributed by atoms with van der Waals surface area (Å²) >= 11 is 6.12. The Hall–Kier alpha value is -5.26. The Morgan fingerprint density at radius 1 is 0.898 bits per heavy atom. The lowest BCUT2D eigenvalue weighted by Gasteiger charge is -2.39. The van der Waals surface area contributed by atoms with Gasteiger partial charge in [0.1, 0.15) is 6.61 Å². The van der Waals surface area contributed by atoms with Gasteiger partial charge in [-0.25, -0.2) is 14.4 Å². The minimum absolute atomic E-state index is 0.0189. The number of carbonyl (C=O) groups is 4. The van der Waals surface area contributed by atoms with Gasteiger partial charge in [-0.3, -0.25) is 4.79 Å². The van der Waals surface area contributed by atoms with E-state index in [2.05, 4.69) is 5.32 Å². The third kappa shape index (κ3) is 11.1. The van der Waals surface area contributed by atoms with Gasteiger partial charge in [-0.1, -0.05) is 29.8 Å². The molecule has 0 radical (unpaired) electrons. The first kappa shape index (κ1) is 43.3. The van der Waals surface area contributed by atoms with Gasteiger partial charge in [-0.05, 0) is 72.9 Å². The quantitative estimate of drug-likeness (QED) is 0.124. The van der Waals surface area contributed by atoms with E-state index in [1.807, 2.05) is 29.2 Å². The van der Waals surface area contributed by atoms with Gasteiger partial charge < -0.3 is 49.6 Å². The molecule has 6 rings (SSSR count). The van der Waals surface area contributed by atoms with Crippen molar-refractivity contribution in [3.63, 3.8) is 0 Å². The van der Waals surface area contributed by atoms with Crippen LogP contribution in [0.25, 0.3) is 0 Å². The number of ether oxygens (including phenoxy) is 4. The van der Waals surface area contributed by atoms with Gasteiger partial charge >= 0.3 is 24.3 Å². The van der Waals surface area contributed by atoms with Crippen molar-refractivity contribution >= 4 is 52.7 Å². The number of nitrogens with one attached hydrogen (secondary N) is 1. The van der Waals surface area contributed by atoms with Crippen LogP contribution in [0, 0.1) is 0 Å². The number of piperazine rings is 1. The number of para-hydroxylation sites is 1. The van der Waals surface area contributed by atoms with E-state index < -0.39 is 41.5 Å². The summed E-state index contributed by atoms with van der Waals surface area (Å²) in [6.07, 6.45) is -5.85. The van der Waals surface area contributed by atoms with Gasteiger partial charge in [0.25, 0.3) is 5.91 Å². The second kappa shape index (κ2) is 19.7. The van der Waals surface area contributed by atoms with Crippen LogP contribution >= 0.6 is 11.6 Å². The fraction of sp³-hybridized carbons (Fsp3) is 0.463. The van der Waals surface area contributed by atoms with Gasteiger partial charge in [-0.2, -0.15) is 13.2 Å². The molecule has 3 aliphatic heterocycles. The minimum atomic E-state index is -4.81. The summed E-state index contributed by atoms with van der Waals surface area (Å²) in [4.78, 5) is 60.1. The van der Waals surface area contributed by atoms with Crippen LogP contribution in [0.15, 0.2) is 60.7 Å². The van der Waals surface area contributed by atoms with Crippen molar-refractivity contribution in [2.24, 2.45) is 0 Å². The standard InChI is InChI=1S/C41H48ClF3N6O8/c1-56-20-21-57-22-23-58-38(53)29-6-8-30(9-7-29)48-16-18-49(19-17-48)37(52)35(26-27-24-32(41(43,44)45)36(46)33(42)25-27)59-40(55)50-13-11-31(12-14-50)51-15-10-28-4-2-3-5-34(28)47-39(51)54/h2-9,24-25,31,35H,10-23,26,46H2,1H3,(H,47,54)/t35-/m1/s1. The molecule has 4 amide bonds. The molecule has 0 saturated carbocycles. The van der Waals surface area contributed by atoms with Gasteiger partial charge in [0, 0.05) is 76.8 Å². The largest absolute Gasteiger partial charge is 0.460 e. The number of nitrogen functional groups attached to an aromatic ring is 1. The smallest absolute Gasteiger partial charge is 0.418 e. The number of amides is 4. The predicted octanol–water partition coefficient (Wildman–Crippen LogP) is 5.71. The van der Waals surface area contributed by atoms with Crippen molar-refractivity contribution in [1.29, 1.82) is 0 Å². The molecule has 3 N–H and O–H groups in total. The molecule has 0 bridgehead atoms. The van der Waals surface area contributed by atoms with Gasteiger partial charge in [0.15, 0.2) is 6.10 Å². The van der Waals surface area contributed by atoms with Crippen molar-refractivity contribution in [1.82, 2.24) is 14.7 Å². The fourth-order valence-corrected chi connectivity index (χ4v) is 7.67. The van der Waals surface area contributed by atoms with Crippen LogP contribution in [0.2, 0.25) is 5.02 Å². The Morgan fingerprint density at radius 3 is 2.29 bits per heavy atom. The zero-order chi connectivity index (χ0) is 42.1. The second-order valence-electron chi connectivity index (χ2n) is 14.5. The zero-order valence-corrected chi connectivity index (χ0v) is 33.4. The molecular weight excluding hydrogens is 797 g/mol. The third-order valence-electron chi connectivity index (χ3n) is 10.7. The zero-order valence-electron chi connectivity index (χ0n) is 32.7. The van der Waals surface area contributed by atoms with E-state index in [0.717, 1.165) is 23.0 Å². The average Bonchev–Trinajstić information content (AvgIpc) is 3.40. The maximum absolute atomic E-state index is 14.1. The van der Waals surface area contributed by atoms with E-state index in [-0.39, 0.29) is 68.5 Å². The first-order valence-corrected chi connectivity index (χ1v) is 19.8. The number of alkyl halides is 3. The number of likely N-dealkylation sites (tertiary alicyclic amines) is 1. The van der Waals surface area contributed by atoms with Crippen molar-refractivity contribution in [3.05, 3.63) is 87.9 Å². The Labute approximate surface area is 345 Å². The molecule has 3 aliphatic rings. The number of nitrogens with two attached hydrogens (primary N) is 1. The molecule has 3 heterocycles. The number of esters is 1. The molecular formula is C41H48ClF3N6O8. The molecule has 14 nitrogen and oxygen atoms in total. The molecule has 0 aromatic heterocycles. The normalized spacial score (nSPS) is 16.9. The lowest BCUT2D eigenvalue weighted by molar-refractivity contribution is -0.141. The number of fused-ring (bicyclic) bond motifs is 1. The highest BCUT2D eigenvalue weighted by atomic mass is 35.5. The molecule has 0 aliphatic carbocycles. The number of benzene rings is 3. The van der Waals surface area contributed by atoms with E-state index in [0.29, 0.717) is 57.7 Å². The van der Waals surface area contributed by atoms with Gasteiger partial charge in [0.05, 0.1) is 41.7 Å². The number of carbonyl (C=O) groups excluding carboxylic acids is 4. The summed E-state index contributed by atoms with van der Waals surface area (Å²) in [5, 5.41) is 2.64. The van der Waals surface area contributed by atoms with Crippen LogP contribution in [0.4, 0.5) is 39.8 Å². The van der Waals surface area contributed by atoms with Crippen LogP contribution in [0.1, 0.15) is 39.9 Å². The second-order valence-corrected chi connectivity index (χ2v) is 14.9. The lowest BCUT2D eigenvalue weighted by atomic mass is 10.0. The molecule has 3 aromatic carbocycles. The topological polar surface area (TPSA) is 156 Å². The van der Waals surface area contributed by atoms with Crippen molar-refractivity contribution in [3.8, 4) is 0 Å². The van der Waals surface area contributed by atoms with E-state index in [4.69, 9.17) is 36.3 Å². The summed E-state index contributed by atoms with van der Waals surface area (Å²) in [6, 6.07) is 16.2. The molecule has 0 spiro atoms. The van der Waals surface area contributed by atoms with Gasteiger partial charge in [-0.15, -0.1) is 0 Å². The third-order valence-corrected chi connectivity index (χ3v) is 11.0. The van der Waals surface area contributed by atoms with Crippen LogP contribution < -0.4 is 16.0 Å². The average molecular weight is 845 g/mol. The lowest BCUT2D eigenvalue weighted by Crippen LogP contribution is -2.54. The van der Waals surface area contributed by atoms with E-state index in [1.54, 1.807) is 36.3 Å².